The van der Waals surface area contributed by atoms with Gasteiger partial charge in [-0.25, -0.2) is 4.39 Å². The van der Waals surface area contributed by atoms with E-state index in [4.69, 9.17) is 9.84 Å². The molecule has 1 atom stereocenters. The van der Waals surface area contributed by atoms with Crippen LogP contribution >= 0.6 is 0 Å². The molecule has 1 aromatic carbocycles. The van der Waals surface area contributed by atoms with Gasteiger partial charge in [0.1, 0.15) is 5.82 Å². The Hall–Kier alpha value is -1.95. The number of carbonyl (C=O) groups is 2. The topological polar surface area (TPSA) is 75.6 Å². The fourth-order valence-electron chi connectivity index (χ4n) is 3.21. The first-order chi connectivity index (χ1) is 11.5. The summed E-state index contributed by atoms with van der Waals surface area (Å²) >= 11 is 0. The number of ether oxygens (including phenoxy) is 1. The van der Waals surface area contributed by atoms with Gasteiger partial charge < -0.3 is 15.2 Å². The number of carboxylic acid groups (broad SMARTS) is 1. The van der Waals surface area contributed by atoms with Gasteiger partial charge in [-0.05, 0) is 37.0 Å². The summed E-state index contributed by atoms with van der Waals surface area (Å²) in [6.07, 6.45) is 1.84. The van der Waals surface area contributed by atoms with Gasteiger partial charge in [-0.15, -0.1) is 0 Å². The normalized spacial score (nSPS) is 17.9. The Labute approximate surface area is 141 Å². The van der Waals surface area contributed by atoms with Crippen molar-refractivity contribution in [3.63, 3.8) is 0 Å². The third-order valence-electron chi connectivity index (χ3n) is 4.71. The van der Waals surface area contributed by atoms with Crippen LogP contribution in [0.2, 0.25) is 0 Å². The number of hydrogen-bond donors (Lipinski definition) is 2. The molecule has 0 bridgehead atoms. The zero-order valence-electron chi connectivity index (χ0n) is 13.9. The lowest BCUT2D eigenvalue weighted by Gasteiger charge is -2.36. The molecule has 2 N–H and O–H groups in total. The van der Waals surface area contributed by atoms with Gasteiger partial charge in [0.15, 0.2) is 0 Å². The molecular formula is C18H24FNO4. The molecule has 1 aromatic rings. The first-order valence-corrected chi connectivity index (χ1v) is 8.28. The lowest BCUT2D eigenvalue weighted by atomic mass is 9.77. The Morgan fingerprint density at radius 1 is 1.29 bits per heavy atom. The summed E-state index contributed by atoms with van der Waals surface area (Å²) in [5, 5.41) is 12.1. The molecule has 0 saturated carbocycles. The second-order valence-corrected chi connectivity index (χ2v) is 6.41. The van der Waals surface area contributed by atoms with Gasteiger partial charge in [0.25, 0.3) is 0 Å². The van der Waals surface area contributed by atoms with E-state index in [-0.39, 0.29) is 24.1 Å². The van der Waals surface area contributed by atoms with E-state index in [1.807, 2.05) is 6.92 Å². The van der Waals surface area contributed by atoms with Gasteiger partial charge in [0.2, 0.25) is 5.91 Å². The Balaban J connectivity index is 2.03. The number of hydrogen-bond acceptors (Lipinski definition) is 3. The van der Waals surface area contributed by atoms with E-state index in [9.17, 15) is 14.0 Å². The molecule has 1 fully saturated rings. The average Bonchev–Trinajstić information content (AvgIpc) is 2.56. The zero-order chi connectivity index (χ0) is 17.6. The van der Waals surface area contributed by atoms with E-state index in [1.165, 1.54) is 12.1 Å². The quantitative estimate of drug-likeness (QED) is 0.802. The van der Waals surface area contributed by atoms with Crippen molar-refractivity contribution >= 4 is 11.9 Å². The highest BCUT2D eigenvalue weighted by Crippen LogP contribution is 2.34. The first-order valence-electron chi connectivity index (χ1n) is 8.28. The Morgan fingerprint density at radius 3 is 2.46 bits per heavy atom. The number of nitrogens with one attached hydrogen (secondary N) is 1. The van der Waals surface area contributed by atoms with Crippen molar-refractivity contribution in [3.8, 4) is 0 Å². The fraction of sp³-hybridized carbons (Fsp3) is 0.556. The van der Waals surface area contributed by atoms with Crippen LogP contribution in [0.4, 0.5) is 4.39 Å². The Morgan fingerprint density at radius 2 is 1.92 bits per heavy atom. The molecule has 1 aliphatic rings. The predicted molar refractivity (Wildman–Crippen MR) is 87.2 cm³/mol. The third kappa shape index (κ3) is 4.77. The number of amides is 1. The van der Waals surface area contributed by atoms with Crippen molar-refractivity contribution in [2.75, 3.05) is 19.8 Å². The molecule has 0 aromatic heterocycles. The molecular weight excluding hydrogens is 313 g/mol. The molecule has 0 radical (unpaired) electrons. The molecule has 1 amide bonds. The van der Waals surface area contributed by atoms with Crippen molar-refractivity contribution in [2.45, 2.75) is 38.5 Å². The number of carbonyl (C=O) groups excluding carboxylic acids is 1. The molecule has 1 unspecified atom stereocenters. The van der Waals surface area contributed by atoms with Crippen LogP contribution < -0.4 is 5.32 Å². The van der Waals surface area contributed by atoms with Crippen molar-refractivity contribution in [2.24, 2.45) is 5.41 Å². The van der Waals surface area contributed by atoms with Crippen LogP contribution in [0.25, 0.3) is 0 Å². The molecule has 2 rings (SSSR count). The van der Waals surface area contributed by atoms with Gasteiger partial charge in [0.05, 0.1) is 12.3 Å². The van der Waals surface area contributed by atoms with E-state index in [0.717, 1.165) is 5.56 Å². The van der Waals surface area contributed by atoms with Crippen molar-refractivity contribution < 1.29 is 23.8 Å². The van der Waals surface area contributed by atoms with E-state index in [2.05, 4.69) is 5.32 Å². The average molecular weight is 337 g/mol. The molecule has 0 aliphatic carbocycles. The minimum absolute atomic E-state index is 0.0178. The predicted octanol–water partition coefficient (Wildman–Crippen LogP) is 2.71. The van der Waals surface area contributed by atoms with E-state index >= 15 is 0 Å². The third-order valence-corrected chi connectivity index (χ3v) is 4.71. The Bertz CT molecular complexity index is 567. The standard InChI is InChI=1S/C18H24FNO4/c1-2-15(13-3-5-14(19)6-4-13)17(23)20-12-18(11-16(21)22)7-9-24-10-8-18/h3-6,15H,2,7-12H2,1H3,(H,20,23)(H,21,22). The summed E-state index contributed by atoms with van der Waals surface area (Å²) in [5.74, 6) is -1.72. The monoisotopic (exact) mass is 337 g/mol. The molecule has 5 nitrogen and oxygen atoms in total. The van der Waals surface area contributed by atoms with Crippen LogP contribution in [0.1, 0.15) is 44.1 Å². The van der Waals surface area contributed by atoms with Gasteiger partial charge in [-0.1, -0.05) is 19.1 Å². The van der Waals surface area contributed by atoms with Gasteiger partial charge in [0, 0.05) is 25.2 Å². The maximum absolute atomic E-state index is 13.0. The maximum atomic E-state index is 13.0. The number of carboxylic acids is 1. The fourth-order valence-corrected chi connectivity index (χ4v) is 3.21. The molecule has 1 aliphatic heterocycles. The lowest BCUT2D eigenvalue weighted by Crippen LogP contribution is -2.44. The second-order valence-electron chi connectivity index (χ2n) is 6.41. The van der Waals surface area contributed by atoms with Crippen LogP contribution in [0.15, 0.2) is 24.3 Å². The summed E-state index contributed by atoms with van der Waals surface area (Å²) in [4.78, 5) is 23.7. The molecule has 1 heterocycles. The number of rotatable bonds is 7. The first kappa shape index (κ1) is 18.4. The van der Waals surface area contributed by atoms with E-state index in [0.29, 0.717) is 39.0 Å². The summed E-state index contributed by atoms with van der Waals surface area (Å²) in [6.45, 7) is 3.24. The highest BCUT2D eigenvalue weighted by molar-refractivity contribution is 5.83. The van der Waals surface area contributed by atoms with Crippen LogP contribution in [-0.4, -0.2) is 36.7 Å². The van der Waals surface area contributed by atoms with Crippen molar-refractivity contribution in [3.05, 3.63) is 35.6 Å². The Kier molecular flexibility index (Phi) is 6.31. The molecule has 24 heavy (non-hydrogen) atoms. The molecule has 132 valence electrons. The lowest BCUT2D eigenvalue weighted by molar-refractivity contribution is -0.142. The SMILES string of the molecule is CCC(C(=O)NCC1(CC(=O)O)CCOCC1)c1ccc(F)cc1. The molecule has 1 saturated heterocycles. The minimum Gasteiger partial charge on any atom is -0.481 e. The highest BCUT2D eigenvalue weighted by atomic mass is 19.1. The van der Waals surface area contributed by atoms with Crippen LogP contribution in [0.3, 0.4) is 0 Å². The van der Waals surface area contributed by atoms with Crippen LogP contribution in [0, 0.1) is 11.2 Å². The summed E-state index contributed by atoms with van der Waals surface area (Å²) in [6, 6.07) is 5.92. The highest BCUT2D eigenvalue weighted by Gasteiger charge is 2.35. The number of benzene rings is 1. The van der Waals surface area contributed by atoms with E-state index < -0.39 is 11.4 Å². The molecule has 0 spiro atoms. The minimum atomic E-state index is -0.864. The van der Waals surface area contributed by atoms with Gasteiger partial charge in [-0.3, -0.25) is 9.59 Å². The maximum Gasteiger partial charge on any atom is 0.303 e. The van der Waals surface area contributed by atoms with E-state index in [1.54, 1.807) is 12.1 Å². The largest absolute Gasteiger partial charge is 0.481 e. The van der Waals surface area contributed by atoms with Crippen LogP contribution in [0.5, 0.6) is 0 Å². The number of halogens is 1. The van der Waals surface area contributed by atoms with Gasteiger partial charge in [-0.2, -0.15) is 0 Å². The smallest absolute Gasteiger partial charge is 0.303 e. The second kappa shape index (κ2) is 8.24. The summed E-state index contributed by atoms with van der Waals surface area (Å²) < 4.78 is 18.4. The number of aliphatic carboxylic acids is 1. The zero-order valence-corrected chi connectivity index (χ0v) is 13.9. The summed E-state index contributed by atoms with van der Waals surface area (Å²) in [7, 11) is 0. The van der Waals surface area contributed by atoms with Crippen molar-refractivity contribution in [1.29, 1.82) is 0 Å². The van der Waals surface area contributed by atoms with Crippen LogP contribution in [-0.2, 0) is 14.3 Å². The molecule has 6 heteroatoms. The van der Waals surface area contributed by atoms with Gasteiger partial charge >= 0.3 is 5.97 Å². The van der Waals surface area contributed by atoms with Crippen molar-refractivity contribution in [1.82, 2.24) is 5.32 Å². The summed E-state index contributed by atoms with van der Waals surface area (Å²) in [5.41, 5.74) is 0.302.